The number of hydrogen-bond acceptors (Lipinski definition) is 5. The van der Waals surface area contributed by atoms with Crippen LogP contribution in [-0.4, -0.2) is 30.1 Å². The van der Waals surface area contributed by atoms with Crippen LogP contribution in [0.25, 0.3) is 0 Å². The van der Waals surface area contributed by atoms with E-state index >= 15 is 0 Å². The number of aromatic nitrogens is 1. The Kier molecular flexibility index (Phi) is 5.89. The maximum atomic E-state index is 12.4. The quantitative estimate of drug-likeness (QED) is 0.653. The summed E-state index contributed by atoms with van der Waals surface area (Å²) in [7, 11) is 0. The van der Waals surface area contributed by atoms with Crippen molar-refractivity contribution in [3.8, 4) is 5.75 Å². The normalized spacial score (nSPS) is 13.1. The third-order valence-corrected chi connectivity index (χ3v) is 4.71. The van der Waals surface area contributed by atoms with Crippen molar-refractivity contribution in [1.82, 2.24) is 10.3 Å². The zero-order valence-electron chi connectivity index (χ0n) is 16.3. The van der Waals surface area contributed by atoms with Gasteiger partial charge in [-0.15, -0.1) is 0 Å². The lowest BCUT2D eigenvalue weighted by Crippen LogP contribution is -2.24. The van der Waals surface area contributed by atoms with E-state index in [9.17, 15) is 9.59 Å². The zero-order valence-corrected chi connectivity index (χ0v) is 16.3. The highest BCUT2D eigenvalue weighted by molar-refractivity contribution is 5.95. The van der Waals surface area contributed by atoms with Gasteiger partial charge < -0.3 is 14.8 Å². The molecule has 2 aromatic carbocycles. The molecular weight excluding hydrogens is 382 g/mol. The maximum absolute atomic E-state index is 12.4. The largest absolute Gasteiger partial charge is 0.489 e. The molecule has 0 unspecified atom stereocenters. The minimum atomic E-state index is -0.361. The second-order valence-corrected chi connectivity index (χ2v) is 6.79. The molecule has 1 N–H and O–H groups in total. The van der Waals surface area contributed by atoms with E-state index in [0.717, 1.165) is 22.6 Å². The van der Waals surface area contributed by atoms with Gasteiger partial charge >= 0.3 is 6.09 Å². The SMILES string of the molecule is O=C(NCc1ccc(OCc2cccnc2)cc1)c1ccc(N2CCOC2=O)cc1. The molecule has 2 amide bonds. The number of cyclic esters (lactones) is 1. The number of rotatable bonds is 7. The van der Waals surface area contributed by atoms with Crippen molar-refractivity contribution in [2.24, 2.45) is 0 Å². The molecule has 3 aromatic rings. The van der Waals surface area contributed by atoms with Crippen LogP contribution in [0.4, 0.5) is 10.5 Å². The molecule has 1 fully saturated rings. The Morgan fingerprint density at radius 3 is 2.53 bits per heavy atom. The van der Waals surface area contributed by atoms with Gasteiger partial charge in [0.2, 0.25) is 0 Å². The molecule has 7 nitrogen and oxygen atoms in total. The van der Waals surface area contributed by atoms with Crippen LogP contribution in [0.3, 0.4) is 0 Å². The molecule has 0 radical (unpaired) electrons. The zero-order chi connectivity index (χ0) is 20.8. The predicted octanol–water partition coefficient (Wildman–Crippen LogP) is 3.55. The lowest BCUT2D eigenvalue weighted by Gasteiger charge is -2.13. The van der Waals surface area contributed by atoms with Crippen molar-refractivity contribution < 1.29 is 19.1 Å². The van der Waals surface area contributed by atoms with Gasteiger partial charge in [-0.05, 0) is 48.0 Å². The number of ether oxygens (including phenoxy) is 2. The standard InChI is InChI=1S/C23H21N3O4/c27-22(19-5-7-20(8-6-19)26-12-13-29-23(26)28)25-15-17-3-9-21(10-4-17)30-16-18-2-1-11-24-14-18/h1-11,14H,12-13,15-16H2,(H,25,27). The Labute approximate surface area is 174 Å². The number of amides is 2. The number of nitrogens with zero attached hydrogens (tertiary/aromatic N) is 2. The molecule has 7 heteroatoms. The summed E-state index contributed by atoms with van der Waals surface area (Å²) in [5, 5.41) is 2.90. The summed E-state index contributed by atoms with van der Waals surface area (Å²) in [6, 6.07) is 18.3. The molecule has 4 rings (SSSR count). The fourth-order valence-electron chi connectivity index (χ4n) is 3.06. The van der Waals surface area contributed by atoms with Gasteiger partial charge in [-0.1, -0.05) is 18.2 Å². The molecular formula is C23H21N3O4. The van der Waals surface area contributed by atoms with Crippen LogP contribution in [-0.2, 0) is 17.9 Å². The van der Waals surface area contributed by atoms with Crippen LogP contribution < -0.4 is 15.0 Å². The molecule has 0 atom stereocenters. The van der Waals surface area contributed by atoms with Gasteiger partial charge in [0.25, 0.3) is 5.91 Å². The summed E-state index contributed by atoms with van der Waals surface area (Å²) in [6.45, 7) is 1.76. The van der Waals surface area contributed by atoms with Gasteiger partial charge in [-0.2, -0.15) is 0 Å². The number of hydrogen-bond donors (Lipinski definition) is 1. The molecule has 1 aliphatic rings. The number of carbonyl (C=O) groups is 2. The maximum Gasteiger partial charge on any atom is 0.414 e. The highest BCUT2D eigenvalue weighted by Gasteiger charge is 2.23. The van der Waals surface area contributed by atoms with E-state index in [-0.39, 0.29) is 12.0 Å². The Morgan fingerprint density at radius 1 is 1.07 bits per heavy atom. The molecule has 1 aromatic heterocycles. The summed E-state index contributed by atoms with van der Waals surface area (Å²) in [4.78, 5) is 29.6. The Balaban J connectivity index is 1.27. The minimum Gasteiger partial charge on any atom is -0.489 e. The number of anilines is 1. The van der Waals surface area contributed by atoms with E-state index < -0.39 is 0 Å². The second kappa shape index (κ2) is 9.09. The van der Waals surface area contributed by atoms with Gasteiger partial charge in [0.1, 0.15) is 19.0 Å². The van der Waals surface area contributed by atoms with Gasteiger partial charge in [0.05, 0.1) is 6.54 Å². The highest BCUT2D eigenvalue weighted by atomic mass is 16.6. The lowest BCUT2D eigenvalue weighted by molar-refractivity contribution is 0.0951. The Hall–Kier alpha value is -3.87. The number of carbonyl (C=O) groups excluding carboxylic acids is 2. The summed E-state index contributed by atoms with van der Waals surface area (Å²) in [5.41, 5.74) is 3.22. The predicted molar refractivity (Wildman–Crippen MR) is 111 cm³/mol. The average molecular weight is 403 g/mol. The van der Waals surface area contributed by atoms with Gasteiger partial charge in [-0.3, -0.25) is 14.7 Å². The van der Waals surface area contributed by atoms with E-state index in [0.29, 0.717) is 31.9 Å². The van der Waals surface area contributed by atoms with Crippen molar-refractivity contribution in [3.05, 3.63) is 89.7 Å². The Morgan fingerprint density at radius 2 is 1.87 bits per heavy atom. The molecule has 1 saturated heterocycles. The smallest absolute Gasteiger partial charge is 0.414 e. The fraction of sp³-hybridized carbons (Fsp3) is 0.174. The monoisotopic (exact) mass is 403 g/mol. The van der Waals surface area contributed by atoms with Crippen LogP contribution in [0.15, 0.2) is 73.1 Å². The van der Waals surface area contributed by atoms with Crippen molar-refractivity contribution >= 4 is 17.7 Å². The van der Waals surface area contributed by atoms with E-state index in [4.69, 9.17) is 9.47 Å². The second-order valence-electron chi connectivity index (χ2n) is 6.79. The van der Waals surface area contributed by atoms with Crippen LogP contribution in [0.2, 0.25) is 0 Å². The summed E-state index contributed by atoms with van der Waals surface area (Å²) < 4.78 is 10.7. The first kappa shape index (κ1) is 19.4. The number of nitrogens with one attached hydrogen (secondary N) is 1. The van der Waals surface area contributed by atoms with Gasteiger partial charge in [-0.25, -0.2) is 4.79 Å². The van der Waals surface area contributed by atoms with Gasteiger partial charge in [0, 0.05) is 35.8 Å². The van der Waals surface area contributed by atoms with E-state index in [1.165, 1.54) is 0 Å². The van der Waals surface area contributed by atoms with Gasteiger partial charge in [0.15, 0.2) is 0 Å². The van der Waals surface area contributed by atoms with Crippen molar-refractivity contribution in [2.45, 2.75) is 13.2 Å². The topological polar surface area (TPSA) is 80.8 Å². The molecule has 0 bridgehead atoms. The van der Waals surface area contributed by atoms with E-state index in [1.54, 1.807) is 41.6 Å². The van der Waals surface area contributed by atoms with Crippen molar-refractivity contribution in [3.63, 3.8) is 0 Å². The summed E-state index contributed by atoms with van der Waals surface area (Å²) in [6.07, 6.45) is 3.14. The first-order valence-corrected chi connectivity index (χ1v) is 9.62. The van der Waals surface area contributed by atoms with E-state index in [2.05, 4.69) is 10.3 Å². The number of pyridine rings is 1. The van der Waals surface area contributed by atoms with Crippen molar-refractivity contribution in [1.29, 1.82) is 0 Å². The molecule has 0 aliphatic carbocycles. The summed E-state index contributed by atoms with van der Waals surface area (Å²) in [5.74, 6) is 0.576. The average Bonchev–Trinajstić information content (AvgIpc) is 3.23. The summed E-state index contributed by atoms with van der Waals surface area (Å²) >= 11 is 0. The van der Waals surface area contributed by atoms with E-state index in [1.807, 2.05) is 36.4 Å². The van der Waals surface area contributed by atoms with Crippen LogP contribution in [0.5, 0.6) is 5.75 Å². The molecule has 0 saturated carbocycles. The molecule has 0 spiro atoms. The molecule has 152 valence electrons. The van der Waals surface area contributed by atoms with Crippen LogP contribution in [0, 0.1) is 0 Å². The Bertz CT molecular complexity index is 1000. The molecule has 30 heavy (non-hydrogen) atoms. The molecule has 1 aliphatic heterocycles. The van der Waals surface area contributed by atoms with Crippen molar-refractivity contribution in [2.75, 3.05) is 18.1 Å². The minimum absolute atomic E-state index is 0.178. The number of benzene rings is 2. The van der Waals surface area contributed by atoms with Crippen LogP contribution >= 0.6 is 0 Å². The highest BCUT2D eigenvalue weighted by Crippen LogP contribution is 2.19. The fourth-order valence-corrected chi connectivity index (χ4v) is 3.06. The lowest BCUT2D eigenvalue weighted by atomic mass is 10.1. The first-order valence-electron chi connectivity index (χ1n) is 9.62. The first-order chi connectivity index (χ1) is 14.7. The third kappa shape index (κ3) is 4.75. The third-order valence-electron chi connectivity index (χ3n) is 4.71. The molecule has 2 heterocycles. The van der Waals surface area contributed by atoms with Crippen LogP contribution in [0.1, 0.15) is 21.5 Å².